The van der Waals surface area contributed by atoms with Gasteiger partial charge in [-0.3, -0.25) is 9.59 Å². The van der Waals surface area contributed by atoms with Crippen LogP contribution in [0.25, 0.3) is 11.1 Å². The van der Waals surface area contributed by atoms with Crippen molar-refractivity contribution in [3.63, 3.8) is 0 Å². The summed E-state index contributed by atoms with van der Waals surface area (Å²) in [4.78, 5) is 40.0. The van der Waals surface area contributed by atoms with Crippen LogP contribution >= 0.6 is 15.9 Å². The highest BCUT2D eigenvalue weighted by Gasteiger charge is 2.39. The zero-order chi connectivity index (χ0) is 19.2. The molecule has 0 saturated heterocycles. The molecule has 0 spiro atoms. The molecule has 0 amide bonds. The van der Waals surface area contributed by atoms with Gasteiger partial charge in [-0.15, -0.1) is 0 Å². The zero-order valence-corrected chi connectivity index (χ0v) is 16.6. The lowest BCUT2D eigenvalue weighted by atomic mass is 9.85. The quantitative estimate of drug-likeness (QED) is 0.563. The van der Waals surface area contributed by atoms with Crippen LogP contribution in [0.4, 0.5) is 0 Å². The zero-order valence-electron chi connectivity index (χ0n) is 15.1. The van der Waals surface area contributed by atoms with E-state index in [1.807, 2.05) is 19.0 Å². The van der Waals surface area contributed by atoms with Crippen LogP contribution in [0, 0.1) is 0 Å². The number of esters is 1. The van der Waals surface area contributed by atoms with E-state index in [2.05, 4.69) is 15.9 Å². The van der Waals surface area contributed by atoms with Crippen molar-refractivity contribution >= 4 is 33.5 Å². The highest BCUT2D eigenvalue weighted by atomic mass is 79.9. The molecule has 1 aromatic heterocycles. The molecule has 136 valence electrons. The Hall–Kier alpha value is -2.25. The Bertz CT molecular complexity index is 944. The molecule has 0 radical (unpaired) electrons. The molecule has 7 heteroatoms. The molecule has 0 fully saturated rings. The number of fused-ring (bicyclic) bond motifs is 3. The number of aromatic nitrogens is 1. The fraction of sp³-hybridized carbons (Fsp3) is 0.316. The van der Waals surface area contributed by atoms with Crippen LogP contribution in [0.3, 0.4) is 0 Å². The lowest BCUT2D eigenvalue weighted by molar-refractivity contribution is 0.0525. The van der Waals surface area contributed by atoms with Crippen LogP contribution in [0.5, 0.6) is 0 Å². The molecule has 0 atom stereocenters. The van der Waals surface area contributed by atoms with Crippen LogP contribution < -0.4 is 0 Å². The van der Waals surface area contributed by atoms with Gasteiger partial charge in [-0.25, -0.2) is 4.79 Å². The highest BCUT2D eigenvalue weighted by Crippen LogP contribution is 2.41. The van der Waals surface area contributed by atoms with Gasteiger partial charge in [0.05, 0.1) is 12.2 Å². The van der Waals surface area contributed by atoms with E-state index in [0.717, 1.165) is 4.47 Å². The Balaban J connectivity index is 2.41. The first kappa shape index (κ1) is 18.5. The third kappa shape index (κ3) is 2.81. The maximum absolute atomic E-state index is 12.8. The molecule has 0 saturated carbocycles. The summed E-state index contributed by atoms with van der Waals surface area (Å²) < 4.78 is 7.66. The standard InChI is InChI=1S/C19H19BrN2O4/c1-5-26-19(25)15-13(9-21(2)3)22(4)16-14(15)12-8-10(20)6-7-11(12)17(23)18(16)24/h6-8H,5,9H2,1-4H3. The van der Waals surface area contributed by atoms with Gasteiger partial charge in [0, 0.05) is 34.9 Å². The van der Waals surface area contributed by atoms with E-state index in [1.54, 1.807) is 36.7 Å². The van der Waals surface area contributed by atoms with Crippen molar-refractivity contribution in [2.24, 2.45) is 7.05 Å². The van der Waals surface area contributed by atoms with Crippen molar-refractivity contribution in [1.82, 2.24) is 9.47 Å². The van der Waals surface area contributed by atoms with Gasteiger partial charge >= 0.3 is 5.97 Å². The summed E-state index contributed by atoms with van der Waals surface area (Å²) in [6.45, 7) is 2.39. The summed E-state index contributed by atoms with van der Waals surface area (Å²) in [5.41, 5.74) is 2.58. The number of hydrogen-bond acceptors (Lipinski definition) is 5. The molecular formula is C19H19BrN2O4. The Morgan fingerprint density at radius 3 is 2.50 bits per heavy atom. The molecule has 0 N–H and O–H groups in total. The molecule has 0 aliphatic heterocycles. The van der Waals surface area contributed by atoms with E-state index in [1.165, 1.54) is 0 Å². The smallest absolute Gasteiger partial charge is 0.340 e. The summed E-state index contributed by atoms with van der Waals surface area (Å²) in [6, 6.07) is 5.08. The number of carbonyl (C=O) groups excluding carboxylic acids is 3. The number of halogens is 1. The van der Waals surface area contributed by atoms with Crippen molar-refractivity contribution in [1.29, 1.82) is 0 Å². The minimum absolute atomic E-state index is 0.224. The molecule has 1 aliphatic carbocycles. The number of benzene rings is 1. The number of ether oxygens (including phenoxy) is 1. The fourth-order valence-corrected chi connectivity index (χ4v) is 3.68. The first-order valence-corrected chi connectivity index (χ1v) is 8.99. The Morgan fingerprint density at radius 1 is 1.19 bits per heavy atom. The van der Waals surface area contributed by atoms with Crippen molar-refractivity contribution in [3.05, 3.63) is 45.2 Å². The van der Waals surface area contributed by atoms with Gasteiger partial charge in [0.25, 0.3) is 5.78 Å². The maximum Gasteiger partial charge on any atom is 0.340 e. The Morgan fingerprint density at radius 2 is 1.88 bits per heavy atom. The molecule has 2 aromatic rings. The number of hydrogen-bond donors (Lipinski definition) is 0. The third-order valence-electron chi connectivity index (χ3n) is 4.38. The normalized spacial score (nSPS) is 13.0. The molecule has 1 aromatic carbocycles. The van der Waals surface area contributed by atoms with Crippen LogP contribution in [0.2, 0.25) is 0 Å². The SMILES string of the molecule is CCOC(=O)c1c2c(n(C)c1CN(C)C)C(=O)C(=O)c1ccc(Br)cc1-2. The number of carbonyl (C=O) groups is 3. The van der Waals surface area contributed by atoms with E-state index < -0.39 is 17.5 Å². The molecular weight excluding hydrogens is 400 g/mol. The second-order valence-electron chi connectivity index (χ2n) is 6.41. The first-order chi connectivity index (χ1) is 12.3. The lowest BCUT2D eigenvalue weighted by Gasteiger charge is -2.17. The van der Waals surface area contributed by atoms with E-state index in [9.17, 15) is 14.4 Å². The van der Waals surface area contributed by atoms with Crippen LogP contribution in [-0.2, 0) is 18.3 Å². The second-order valence-corrected chi connectivity index (χ2v) is 7.33. The minimum atomic E-state index is -0.604. The van der Waals surface area contributed by atoms with E-state index in [0.29, 0.717) is 34.5 Å². The lowest BCUT2D eigenvalue weighted by Crippen LogP contribution is -2.24. The van der Waals surface area contributed by atoms with Crippen LogP contribution in [0.1, 0.15) is 43.8 Å². The summed E-state index contributed by atoms with van der Waals surface area (Å²) in [5, 5.41) is 0. The van der Waals surface area contributed by atoms with Gasteiger partial charge in [-0.1, -0.05) is 15.9 Å². The molecule has 26 heavy (non-hydrogen) atoms. The van der Waals surface area contributed by atoms with Crippen molar-refractivity contribution in [2.75, 3.05) is 20.7 Å². The average Bonchev–Trinajstić information content (AvgIpc) is 2.85. The third-order valence-corrected chi connectivity index (χ3v) is 4.87. The van der Waals surface area contributed by atoms with Crippen molar-refractivity contribution < 1.29 is 19.1 Å². The van der Waals surface area contributed by atoms with Gasteiger partial charge in [0.2, 0.25) is 5.78 Å². The van der Waals surface area contributed by atoms with Gasteiger partial charge in [-0.05, 0) is 44.8 Å². The number of Topliss-reactive ketones (excluding diaryl/α,β-unsaturated/α-hetero) is 2. The fourth-order valence-electron chi connectivity index (χ4n) is 3.32. The second kappa shape index (κ2) is 6.81. The number of nitrogens with zero attached hydrogens (tertiary/aromatic N) is 2. The summed E-state index contributed by atoms with van der Waals surface area (Å²) >= 11 is 3.41. The summed E-state index contributed by atoms with van der Waals surface area (Å²) in [6.07, 6.45) is 0. The molecule has 0 bridgehead atoms. The number of ketones is 2. The van der Waals surface area contributed by atoms with E-state index in [-0.39, 0.29) is 12.3 Å². The monoisotopic (exact) mass is 418 g/mol. The van der Waals surface area contributed by atoms with Gasteiger partial charge in [-0.2, -0.15) is 0 Å². The predicted molar refractivity (Wildman–Crippen MR) is 101 cm³/mol. The molecule has 6 nitrogen and oxygen atoms in total. The predicted octanol–water partition coefficient (Wildman–Crippen LogP) is 3.07. The topological polar surface area (TPSA) is 68.6 Å². The maximum atomic E-state index is 12.8. The largest absolute Gasteiger partial charge is 0.462 e. The van der Waals surface area contributed by atoms with Gasteiger partial charge < -0.3 is 14.2 Å². The highest BCUT2D eigenvalue weighted by molar-refractivity contribution is 9.10. The van der Waals surface area contributed by atoms with Crippen molar-refractivity contribution in [2.45, 2.75) is 13.5 Å². The minimum Gasteiger partial charge on any atom is -0.462 e. The van der Waals surface area contributed by atoms with E-state index in [4.69, 9.17) is 4.74 Å². The van der Waals surface area contributed by atoms with Crippen LogP contribution in [-0.4, -0.2) is 47.7 Å². The molecule has 1 heterocycles. The number of rotatable bonds is 4. The van der Waals surface area contributed by atoms with Crippen molar-refractivity contribution in [3.8, 4) is 11.1 Å². The summed E-state index contributed by atoms with van der Waals surface area (Å²) in [5.74, 6) is -1.66. The van der Waals surface area contributed by atoms with Crippen LogP contribution in [0.15, 0.2) is 22.7 Å². The first-order valence-electron chi connectivity index (χ1n) is 8.20. The Kier molecular flexibility index (Phi) is 4.86. The molecule has 3 rings (SSSR count). The molecule has 0 unspecified atom stereocenters. The summed E-state index contributed by atoms with van der Waals surface area (Å²) in [7, 11) is 5.45. The average molecular weight is 419 g/mol. The van der Waals surface area contributed by atoms with E-state index >= 15 is 0 Å². The molecule has 1 aliphatic rings. The Labute approximate surface area is 159 Å². The van der Waals surface area contributed by atoms with Gasteiger partial charge in [0.1, 0.15) is 5.69 Å². The van der Waals surface area contributed by atoms with Gasteiger partial charge in [0.15, 0.2) is 0 Å².